The normalized spacial score (nSPS) is 10.7. The third-order valence-corrected chi connectivity index (χ3v) is 2.55. The Balaban J connectivity index is 3.27. The van der Waals surface area contributed by atoms with Gasteiger partial charge in [-0.1, -0.05) is 35.0 Å². The zero-order chi connectivity index (χ0) is 13.2. The molecule has 0 atom stereocenters. The van der Waals surface area contributed by atoms with E-state index in [4.69, 9.17) is 23.2 Å². The fraction of sp³-hybridized carbons (Fsp3) is 0.385. The van der Waals surface area contributed by atoms with Gasteiger partial charge in [0.05, 0.1) is 15.6 Å². The maximum absolute atomic E-state index is 11.1. The van der Waals surface area contributed by atoms with E-state index in [1.807, 2.05) is 20.8 Å². The number of hydrogen-bond acceptors (Lipinski definition) is 1. The van der Waals surface area contributed by atoms with Crippen LogP contribution in [0.15, 0.2) is 12.1 Å². The minimum absolute atomic E-state index is 0.124. The van der Waals surface area contributed by atoms with Gasteiger partial charge in [0.15, 0.2) is 7.05 Å². The zero-order valence-electron chi connectivity index (χ0n) is 10.3. The Kier molecular flexibility index (Phi) is 4.19. The largest absolute Gasteiger partial charge is 0.258 e. The van der Waals surface area contributed by atoms with E-state index in [0.29, 0.717) is 26.1 Å². The molecule has 1 aromatic carbocycles. The topological polar surface area (TPSA) is 20.1 Å². The van der Waals surface area contributed by atoms with Gasteiger partial charge in [-0.3, -0.25) is 0 Å². The molecule has 0 aliphatic rings. The Bertz CT molecular complexity index is 495. The average Bonchev–Trinajstić information content (AvgIpc) is 2.14. The van der Waals surface area contributed by atoms with Crippen LogP contribution in [-0.2, 0) is 0 Å². The van der Waals surface area contributed by atoms with Crippen LogP contribution < -0.4 is 0 Å². The number of hydrogen-bond donors (Lipinski definition) is 0. The number of benzene rings is 1. The van der Waals surface area contributed by atoms with E-state index in [9.17, 15) is 4.91 Å². The van der Waals surface area contributed by atoms with Crippen molar-refractivity contribution in [2.45, 2.75) is 20.8 Å². The van der Waals surface area contributed by atoms with Gasteiger partial charge in [-0.25, -0.2) is 0 Å². The van der Waals surface area contributed by atoms with Crippen molar-refractivity contribution in [2.75, 3.05) is 7.05 Å². The average molecular weight is 271 g/mol. The highest BCUT2D eigenvalue weighted by Crippen LogP contribution is 2.29. The van der Waals surface area contributed by atoms with Crippen LogP contribution in [0.25, 0.3) is 0 Å². The van der Waals surface area contributed by atoms with Gasteiger partial charge in [0, 0.05) is 27.2 Å². The van der Waals surface area contributed by atoms with Crippen molar-refractivity contribution in [2.24, 2.45) is 5.41 Å². The number of halogens is 2. The second-order valence-corrected chi connectivity index (χ2v) is 5.60. The predicted molar refractivity (Wildman–Crippen MR) is 72.0 cm³/mol. The van der Waals surface area contributed by atoms with Gasteiger partial charge in [0.1, 0.15) is 0 Å². The summed E-state index contributed by atoms with van der Waals surface area (Å²) >= 11 is 12.1. The molecule has 0 aromatic heterocycles. The van der Waals surface area contributed by atoms with Crippen molar-refractivity contribution in [3.05, 3.63) is 32.6 Å². The van der Waals surface area contributed by atoms with E-state index in [1.54, 1.807) is 12.1 Å². The molecule has 0 radical (unpaired) electrons. The number of nitrogens with zero attached hydrogens (tertiary/aromatic N) is 1. The standard InChI is InChI=1S/C13H14Cl2NO/c1-13(2,3)6-5-10-11(14)7-9(16(4)17)8-12(10)15/h7-8H,1-4H3/q+1. The van der Waals surface area contributed by atoms with Crippen LogP contribution in [0.2, 0.25) is 10.0 Å². The van der Waals surface area contributed by atoms with Crippen molar-refractivity contribution in [1.29, 1.82) is 0 Å². The molecule has 0 bridgehead atoms. The summed E-state index contributed by atoms with van der Waals surface area (Å²) in [5.41, 5.74) is 0.857. The smallest absolute Gasteiger partial charge is 0.0918 e. The zero-order valence-corrected chi connectivity index (χ0v) is 11.8. The molecule has 0 aliphatic heterocycles. The van der Waals surface area contributed by atoms with Crippen molar-refractivity contribution >= 4 is 28.9 Å². The van der Waals surface area contributed by atoms with Gasteiger partial charge in [0.2, 0.25) is 0 Å². The van der Waals surface area contributed by atoms with Gasteiger partial charge < -0.3 is 0 Å². The van der Waals surface area contributed by atoms with Crippen LogP contribution in [-0.4, -0.2) is 11.8 Å². The SMILES string of the molecule is C[N+](=O)c1cc(Cl)c(C#CC(C)(C)C)c(Cl)c1. The van der Waals surface area contributed by atoms with Gasteiger partial charge >= 0.3 is 0 Å². The molecule has 0 saturated heterocycles. The summed E-state index contributed by atoms with van der Waals surface area (Å²) in [5, 5.41) is 0.791. The molecule has 90 valence electrons. The fourth-order valence-corrected chi connectivity index (χ4v) is 1.68. The summed E-state index contributed by atoms with van der Waals surface area (Å²) in [6.07, 6.45) is 0. The lowest BCUT2D eigenvalue weighted by atomic mass is 9.97. The van der Waals surface area contributed by atoms with Crippen LogP contribution >= 0.6 is 23.2 Å². The van der Waals surface area contributed by atoms with Gasteiger partial charge in [-0.2, -0.15) is 0 Å². The number of nitroso groups, excluding NO2 is 1. The first-order valence-corrected chi connectivity index (χ1v) is 5.89. The van der Waals surface area contributed by atoms with Crippen LogP contribution in [0.3, 0.4) is 0 Å². The van der Waals surface area contributed by atoms with Crippen LogP contribution in [0.5, 0.6) is 0 Å². The van der Waals surface area contributed by atoms with Crippen LogP contribution in [0, 0.1) is 22.2 Å². The molecule has 0 unspecified atom stereocenters. The van der Waals surface area contributed by atoms with E-state index in [2.05, 4.69) is 11.8 Å². The predicted octanol–water partition coefficient (Wildman–Crippen LogP) is 4.43. The fourth-order valence-electron chi connectivity index (χ4n) is 1.11. The quantitative estimate of drug-likeness (QED) is 0.546. The summed E-state index contributed by atoms with van der Waals surface area (Å²) in [7, 11) is 1.39. The second-order valence-electron chi connectivity index (χ2n) is 4.78. The first-order chi connectivity index (χ1) is 7.70. The molecule has 0 saturated carbocycles. The van der Waals surface area contributed by atoms with E-state index < -0.39 is 0 Å². The molecule has 1 rings (SSSR count). The minimum atomic E-state index is -0.124. The highest BCUT2D eigenvalue weighted by atomic mass is 35.5. The lowest BCUT2D eigenvalue weighted by Crippen LogP contribution is -1.99. The van der Waals surface area contributed by atoms with Crippen LogP contribution in [0.4, 0.5) is 5.69 Å². The molecule has 2 nitrogen and oxygen atoms in total. The van der Waals surface area contributed by atoms with Crippen molar-refractivity contribution in [3.63, 3.8) is 0 Å². The summed E-state index contributed by atoms with van der Waals surface area (Å²) in [4.78, 5) is 11.1. The van der Waals surface area contributed by atoms with Gasteiger partial charge in [-0.05, 0) is 20.8 Å². The molecule has 0 spiro atoms. The second kappa shape index (κ2) is 5.08. The third-order valence-electron chi connectivity index (χ3n) is 1.95. The van der Waals surface area contributed by atoms with E-state index in [-0.39, 0.29) is 5.41 Å². The monoisotopic (exact) mass is 270 g/mol. The van der Waals surface area contributed by atoms with E-state index in [1.165, 1.54) is 7.05 Å². The summed E-state index contributed by atoms with van der Waals surface area (Å²) < 4.78 is 0.707. The number of rotatable bonds is 1. The molecule has 1 aromatic rings. The lowest BCUT2D eigenvalue weighted by Gasteiger charge is -2.07. The highest BCUT2D eigenvalue weighted by Gasteiger charge is 2.14. The Morgan fingerprint density at radius 2 is 1.65 bits per heavy atom. The van der Waals surface area contributed by atoms with E-state index in [0.717, 1.165) is 0 Å². The summed E-state index contributed by atoms with van der Waals surface area (Å²) in [6, 6.07) is 3.13. The molecular weight excluding hydrogens is 257 g/mol. The first-order valence-electron chi connectivity index (χ1n) is 5.14. The van der Waals surface area contributed by atoms with Crippen LogP contribution in [0.1, 0.15) is 26.3 Å². The minimum Gasteiger partial charge on any atom is -0.0918 e. The molecule has 0 amide bonds. The Hall–Kier alpha value is -1.04. The van der Waals surface area contributed by atoms with Gasteiger partial charge in [0.25, 0.3) is 5.69 Å². The molecule has 17 heavy (non-hydrogen) atoms. The molecular formula is C13H14Cl2NO+. The Morgan fingerprint density at radius 1 is 1.18 bits per heavy atom. The summed E-state index contributed by atoms with van der Waals surface area (Å²) in [5.74, 6) is 6.01. The maximum Gasteiger partial charge on any atom is 0.258 e. The first kappa shape index (κ1) is 14.0. The van der Waals surface area contributed by atoms with Crippen molar-refractivity contribution in [1.82, 2.24) is 0 Å². The molecule has 0 aliphatic carbocycles. The molecule has 4 heteroatoms. The van der Waals surface area contributed by atoms with Crippen molar-refractivity contribution < 1.29 is 4.76 Å². The Labute approximate surface area is 111 Å². The highest BCUT2D eigenvalue weighted by molar-refractivity contribution is 6.37. The summed E-state index contributed by atoms with van der Waals surface area (Å²) in [6.45, 7) is 6.00. The maximum atomic E-state index is 11.1. The third kappa shape index (κ3) is 4.03. The van der Waals surface area contributed by atoms with Crippen molar-refractivity contribution in [3.8, 4) is 11.8 Å². The Morgan fingerprint density at radius 3 is 2.00 bits per heavy atom. The lowest BCUT2D eigenvalue weighted by molar-refractivity contribution is -0.428. The molecule has 0 heterocycles. The van der Waals surface area contributed by atoms with Gasteiger partial charge in [-0.15, -0.1) is 0 Å². The molecule has 0 fully saturated rings. The molecule has 0 N–H and O–H groups in total. The van der Waals surface area contributed by atoms with E-state index >= 15 is 0 Å².